The van der Waals surface area contributed by atoms with E-state index < -0.39 is 34.7 Å². The second-order valence-corrected chi connectivity index (χ2v) is 11.2. The fourth-order valence-corrected chi connectivity index (χ4v) is 7.71. The molecule has 0 aromatic heterocycles. The highest BCUT2D eigenvalue weighted by atomic mass is 35.5. The number of aliphatic carboxylic acids is 1. The molecule has 0 bridgehead atoms. The number of carbonyl (C=O) groups excluding carboxylic acids is 1. The van der Waals surface area contributed by atoms with Crippen LogP contribution in [0.3, 0.4) is 0 Å². The first-order valence-corrected chi connectivity index (χ1v) is 12.9. The van der Waals surface area contributed by atoms with E-state index in [-0.39, 0.29) is 22.5 Å². The van der Waals surface area contributed by atoms with Gasteiger partial charge in [-0.3, -0.25) is 14.5 Å². The maximum atomic E-state index is 15.7. The Morgan fingerprint density at radius 2 is 1.83 bits per heavy atom. The minimum absolute atomic E-state index is 0.0865. The second-order valence-electron chi connectivity index (χ2n) is 10.3. The van der Waals surface area contributed by atoms with Crippen molar-refractivity contribution in [3.05, 3.63) is 63.4 Å². The molecule has 2 spiro atoms. The maximum absolute atomic E-state index is 15.7. The van der Waals surface area contributed by atoms with Crippen LogP contribution in [0.2, 0.25) is 10.0 Å². The second kappa shape index (κ2) is 8.46. The predicted octanol–water partition coefficient (Wildman–Crippen LogP) is 6.01. The van der Waals surface area contributed by atoms with Gasteiger partial charge in [-0.15, -0.1) is 0 Å². The number of nitrogens with zero attached hydrogens (tertiary/aromatic N) is 2. The smallest absolute Gasteiger partial charge is 0.321 e. The highest BCUT2D eigenvalue weighted by Crippen LogP contribution is 2.67. The Balaban J connectivity index is 1.93. The number of likely N-dealkylation sites (N-methyl/N-ethyl adjacent to an activating group) is 1. The Kier molecular flexibility index (Phi) is 5.93. The minimum Gasteiger partial charge on any atom is -0.480 e. The van der Waals surface area contributed by atoms with Gasteiger partial charge in [-0.2, -0.15) is 0 Å². The topological polar surface area (TPSA) is 60.9 Å². The van der Waals surface area contributed by atoms with Crippen LogP contribution in [-0.4, -0.2) is 46.6 Å². The molecule has 0 radical (unpaired) electrons. The molecule has 35 heavy (non-hydrogen) atoms. The lowest BCUT2D eigenvalue weighted by molar-refractivity contribution is -0.143. The molecule has 2 aromatic rings. The summed E-state index contributed by atoms with van der Waals surface area (Å²) in [6.45, 7) is 3.86. The number of carbonyl (C=O) groups is 2. The zero-order valence-electron chi connectivity index (χ0n) is 20.0. The summed E-state index contributed by atoms with van der Waals surface area (Å²) in [5, 5.41) is 10.9. The monoisotopic (exact) mass is 518 g/mol. The zero-order valence-corrected chi connectivity index (χ0v) is 21.5. The number of hydrogen-bond acceptors (Lipinski definition) is 3. The molecule has 2 aliphatic heterocycles. The molecule has 2 heterocycles. The number of carboxylic acids is 1. The number of fused-ring (bicyclic) bond motifs is 3. The summed E-state index contributed by atoms with van der Waals surface area (Å²) in [7, 11) is 1.79. The number of benzene rings is 2. The number of anilines is 1. The molecule has 0 unspecified atom stereocenters. The van der Waals surface area contributed by atoms with Crippen molar-refractivity contribution in [2.45, 2.75) is 74.9 Å². The van der Waals surface area contributed by atoms with Crippen molar-refractivity contribution < 1.29 is 19.1 Å². The Bertz CT molecular complexity index is 1210. The summed E-state index contributed by atoms with van der Waals surface area (Å²) >= 11 is 12.6. The molecule has 8 heteroatoms. The van der Waals surface area contributed by atoms with E-state index in [0.717, 1.165) is 24.8 Å². The number of halogens is 3. The Hall–Kier alpha value is -2.15. The standard InChI is InChI=1S/C27H29Cl2FN2O3/c1-15(2)32-20-14-16(28)10-11-18(20)27(25(32)35)21(17-8-7-9-19(29)22(17)30)23(24(33)34)31(3)26(27)12-5-4-6-13-26/h7-11,14-15,21,23H,4-6,12-13H2,1-3H3,(H,33,34)/t21-,23+,27+/m0/s1. The molecule has 1 saturated carbocycles. The molecule has 3 atom stereocenters. The van der Waals surface area contributed by atoms with Gasteiger partial charge in [-0.25, -0.2) is 4.39 Å². The van der Waals surface area contributed by atoms with Crippen LogP contribution in [0.25, 0.3) is 0 Å². The van der Waals surface area contributed by atoms with Crippen LogP contribution in [-0.2, 0) is 15.0 Å². The van der Waals surface area contributed by atoms with Gasteiger partial charge >= 0.3 is 5.97 Å². The van der Waals surface area contributed by atoms with Crippen molar-refractivity contribution in [3.8, 4) is 0 Å². The van der Waals surface area contributed by atoms with E-state index in [1.807, 2.05) is 24.8 Å². The summed E-state index contributed by atoms with van der Waals surface area (Å²) in [6.07, 6.45) is 4.02. The summed E-state index contributed by atoms with van der Waals surface area (Å²) in [5.74, 6) is -2.91. The van der Waals surface area contributed by atoms with E-state index in [1.54, 1.807) is 36.2 Å². The lowest BCUT2D eigenvalue weighted by Gasteiger charge is -2.50. The Labute approximate surface area is 214 Å². The zero-order chi connectivity index (χ0) is 25.3. The largest absolute Gasteiger partial charge is 0.480 e. The third-order valence-corrected chi connectivity index (χ3v) is 9.10. The van der Waals surface area contributed by atoms with E-state index in [2.05, 4.69) is 0 Å². The van der Waals surface area contributed by atoms with Crippen LogP contribution in [0, 0.1) is 5.82 Å². The minimum atomic E-state index is -1.30. The number of amides is 1. The van der Waals surface area contributed by atoms with Crippen LogP contribution < -0.4 is 4.90 Å². The Morgan fingerprint density at radius 3 is 2.46 bits per heavy atom. The average Bonchev–Trinajstić information content (AvgIpc) is 3.18. The van der Waals surface area contributed by atoms with Crippen molar-refractivity contribution in [3.63, 3.8) is 0 Å². The third kappa shape index (κ3) is 3.09. The number of carboxylic acid groups (broad SMARTS) is 1. The quantitative estimate of drug-likeness (QED) is 0.540. The first kappa shape index (κ1) is 24.5. The van der Waals surface area contributed by atoms with Crippen LogP contribution in [0.5, 0.6) is 0 Å². The molecule has 1 saturated heterocycles. The van der Waals surface area contributed by atoms with Gasteiger partial charge in [0, 0.05) is 28.2 Å². The number of rotatable bonds is 3. The van der Waals surface area contributed by atoms with Gasteiger partial charge in [0.05, 0.1) is 5.02 Å². The van der Waals surface area contributed by atoms with Gasteiger partial charge in [0.15, 0.2) is 0 Å². The SMILES string of the molecule is CC(C)N1C(=O)[C@@]2(c3ccc(Cl)cc31)[C@@H](c1cccc(Cl)c1F)[C@H](C(=O)O)N(C)C21CCCCC1. The summed E-state index contributed by atoms with van der Waals surface area (Å²) < 4.78 is 15.7. The number of hydrogen-bond donors (Lipinski definition) is 1. The molecule has 1 amide bonds. The van der Waals surface area contributed by atoms with E-state index >= 15 is 4.39 Å². The van der Waals surface area contributed by atoms with Crippen LogP contribution in [0.1, 0.15) is 63.0 Å². The summed E-state index contributed by atoms with van der Waals surface area (Å²) in [6, 6.07) is 8.72. The van der Waals surface area contributed by atoms with Crippen molar-refractivity contribution >= 4 is 40.8 Å². The molecular formula is C27H29Cl2FN2O3. The van der Waals surface area contributed by atoms with Crippen LogP contribution >= 0.6 is 23.2 Å². The molecule has 186 valence electrons. The predicted molar refractivity (Wildman–Crippen MR) is 135 cm³/mol. The van der Waals surface area contributed by atoms with Crippen molar-refractivity contribution in [1.29, 1.82) is 0 Å². The fourth-order valence-electron chi connectivity index (χ4n) is 7.37. The van der Waals surface area contributed by atoms with Crippen molar-refractivity contribution in [1.82, 2.24) is 4.90 Å². The van der Waals surface area contributed by atoms with E-state index in [4.69, 9.17) is 23.2 Å². The molecule has 2 fully saturated rings. The molecule has 5 nitrogen and oxygen atoms in total. The Morgan fingerprint density at radius 1 is 1.14 bits per heavy atom. The van der Waals surface area contributed by atoms with Gasteiger partial charge in [-0.1, -0.05) is 60.7 Å². The van der Waals surface area contributed by atoms with Gasteiger partial charge in [-0.05, 0) is 63.1 Å². The van der Waals surface area contributed by atoms with E-state index in [0.29, 0.717) is 23.6 Å². The fraction of sp³-hybridized carbons (Fsp3) is 0.481. The van der Waals surface area contributed by atoms with Gasteiger partial charge in [0.2, 0.25) is 5.91 Å². The molecule has 1 N–H and O–H groups in total. The molecule has 5 rings (SSSR count). The van der Waals surface area contributed by atoms with Gasteiger partial charge in [0.25, 0.3) is 0 Å². The lowest BCUT2D eigenvalue weighted by Crippen LogP contribution is -2.62. The number of likely N-dealkylation sites (tertiary alicyclic amines) is 1. The molecular weight excluding hydrogens is 490 g/mol. The highest BCUT2D eigenvalue weighted by molar-refractivity contribution is 6.31. The first-order chi connectivity index (χ1) is 16.6. The third-order valence-electron chi connectivity index (χ3n) is 8.58. The van der Waals surface area contributed by atoms with Crippen LogP contribution in [0.15, 0.2) is 36.4 Å². The average molecular weight is 519 g/mol. The first-order valence-electron chi connectivity index (χ1n) is 12.1. The normalized spacial score (nSPS) is 27.9. The van der Waals surface area contributed by atoms with Gasteiger partial charge < -0.3 is 10.0 Å². The summed E-state index contributed by atoms with van der Waals surface area (Å²) in [5.41, 5.74) is -0.534. The highest BCUT2D eigenvalue weighted by Gasteiger charge is 2.76. The molecule has 3 aliphatic rings. The summed E-state index contributed by atoms with van der Waals surface area (Å²) in [4.78, 5) is 31.3. The molecule has 1 aliphatic carbocycles. The van der Waals surface area contributed by atoms with Crippen LogP contribution in [0.4, 0.5) is 10.1 Å². The lowest BCUT2D eigenvalue weighted by atomic mass is 9.55. The maximum Gasteiger partial charge on any atom is 0.321 e. The van der Waals surface area contributed by atoms with E-state index in [1.165, 1.54) is 6.07 Å². The van der Waals surface area contributed by atoms with Crippen molar-refractivity contribution in [2.75, 3.05) is 11.9 Å². The molecule has 2 aromatic carbocycles. The van der Waals surface area contributed by atoms with Crippen molar-refractivity contribution in [2.24, 2.45) is 0 Å². The van der Waals surface area contributed by atoms with E-state index in [9.17, 15) is 14.7 Å². The van der Waals surface area contributed by atoms with Gasteiger partial charge in [0.1, 0.15) is 17.3 Å².